The van der Waals surface area contributed by atoms with Gasteiger partial charge in [0, 0.05) is 31.1 Å². The first-order valence-corrected chi connectivity index (χ1v) is 15.6. The number of aryl methyl sites for hydroxylation is 2. The maximum atomic E-state index is 14.2. The number of nitrogens with one attached hydrogen (secondary N) is 1. The van der Waals surface area contributed by atoms with Gasteiger partial charge in [-0.3, -0.25) is 24.0 Å². The Hall–Kier alpha value is -4.25. The van der Waals surface area contributed by atoms with Gasteiger partial charge in [0.15, 0.2) is 0 Å². The van der Waals surface area contributed by atoms with E-state index in [4.69, 9.17) is 0 Å². The number of nitrogens with zero attached hydrogens (tertiary/aromatic N) is 3. The minimum absolute atomic E-state index is 0.0269. The fraction of sp³-hybridized carbons (Fsp3) is 0.355. The van der Waals surface area contributed by atoms with Gasteiger partial charge in [-0.05, 0) is 43.9 Å². The lowest BCUT2D eigenvalue weighted by Crippen LogP contribution is -2.54. The van der Waals surface area contributed by atoms with Crippen molar-refractivity contribution in [2.75, 3.05) is 17.1 Å². The zero-order valence-corrected chi connectivity index (χ0v) is 25.4. The predicted octanol–water partition coefficient (Wildman–Crippen LogP) is 4.53. The molecule has 2 amide bonds. The largest absolute Gasteiger partial charge is 0.352 e. The summed E-state index contributed by atoms with van der Waals surface area (Å²) >= 11 is 0. The van der Waals surface area contributed by atoms with E-state index in [-0.39, 0.29) is 36.3 Å². The number of nitro benzene ring substituents is 1. The Morgan fingerprint density at radius 1 is 0.976 bits per heavy atom. The normalized spacial score (nSPS) is 12.7. The lowest BCUT2D eigenvalue weighted by molar-refractivity contribution is -0.384. The summed E-state index contributed by atoms with van der Waals surface area (Å²) in [5.41, 5.74) is 2.79. The molecular formula is C31H38N4O6S. The van der Waals surface area contributed by atoms with Gasteiger partial charge in [0.05, 0.1) is 16.9 Å². The summed E-state index contributed by atoms with van der Waals surface area (Å²) in [7, 11) is -4.06. The molecule has 224 valence electrons. The lowest BCUT2D eigenvalue weighted by atomic mass is 10.0. The highest BCUT2D eigenvalue weighted by molar-refractivity contribution is 7.92. The Kier molecular flexibility index (Phi) is 10.8. The van der Waals surface area contributed by atoms with Crippen molar-refractivity contribution in [1.29, 1.82) is 0 Å². The van der Waals surface area contributed by atoms with Gasteiger partial charge in [-0.1, -0.05) is 73.2 Å². The minimum Gasteiger partial charge on any atom is -0.352 e. The molecule has 0 saturated carbocycles. The number of hydrogen-bond donors (Lipinski definition) is 1. The molecule has 0 bridgehead atoms. The number of nitro groups is 1. The Labute approximate surface area is 247 Å². The number of hydrogen-bond acceptors (Lipinski definition) is 6. The standard InChI is InChI=1S/C31H38N4O6S/c1-6-24(4)32-31(37)29(18-25-10-8-7-9-11-25)33(20-26-15-12-22(2)13-16-26)30(36)21-34(42(5,40)41)28-19-27(35(38)39)17-14-23(28)3/h7-17,19,24,29H,6,18,20-21H2,1-5H3,(H,32,37)/t24-,29-/m1/s1. The summed E-state index contributed by atoms with van der Waals surface area (Å²) in [6.07, 6.45) is 1.83. The van der Waals surface area contributed by atoms with E-state index < -0.39 is 33.4 Å². The molecule has 3 rings (SSSR count). The first-order valence-electron chi connectivity index (χ1n) is 13.7. The van der Waals surface area contributed by atoms with Crippen LogP contribution < -0.4 is 9.62 Å². The van der Waals surface area contributed by atoms with Gasteiger partial charge >= 0.3 is 0 Å². The van der Waals surface area contributed by atoms with Gasteiger partial charge in [0.2, 0.25) is 21.8 Å². The van der Waals surface area contributed by atoms with Crippen LogP contribution in [0.5, 0.6) is 0 Å². The van der Waals surface area contributed by atoms with Crippen LogP contribution in [0.1, 0.15) is 42.5 Å². The third kappa shape index (κ3) is 8.62. The topological polar surface area (TPSA) is 130 Å². The van der Waals surface area contributed by atoms with Crippen molar-refractivity contribution < 1.29 is 22.9 Å². The van der Waals surface area contributed by atoms with Crippen molar-refractivity contribution in [1.82, 2.24) is 10.2 Å². The van der Waals surface area contributed by atoms with Crippen LogP contribution in [-0.2, 0) is 32.6 Å². The van der Waals surface area contributed by atoms with Gasteiger partial charge in [-0.25, -0.2) is 8.42 Å². The molecule has 10 nitrogen and oxygen atoms in total. The second-order valence-corrected chi connectivity index (χ2v) is 12.4. The molecule has 1 N–H and O–H groups in total. The van der Waals surface area contributed by atoms with Gasteiger partial charge in [-0.15, -0.1) is 0 Å². The molecule has 0 aliphatic rings. The molecule has 42 heavy (non-hydrogen) atoms. The molecular weight excluding hydrogens is 556 g/mol. The summed E-state index contributed by atoms with van der Waals surface area (Å²) < 4.78 is 26.9. The van der Waals surface area contributed by atoms with E-state index in [0.717, 1.165) is 33.3 Å². The van der Waals surface area contributed by atoms with Gasteiger partial charge in [-0.2, -0.15) is 0 Å². The van der Waals surface area contributed by atoms with Crippen LogP contribution in [0.2, 0.25) is 0 Å². The van der Waals surface area contributed by atoms with E-state index in [0.29, 0.717) is 12.0 Å². The number of amides is 2. The van der Waals surface area contributed by atoms with Crippen LogP contribution in [0.3, 0.4) is 0 Å². The number of carbonyl (C=O) groups excluding carboxylic acids is 2. The number of rotatable bonds is 13. The highest BCUT2D eigenvalue weighted by Gasteiger charge is 2.34. The average molecular weight is 595 g/mol. The van der Waals surface area contributed by atoms with Crippen LogP contribution in [0.25, 0.3) is 0 Å². The highest BCUT2D eigenvalue weighted by Crippen LogP contribution is 2.28. The first kappa shape index (κ1) is 32.3. The molecule has 0 aliphatic carbocycles. The van der Waals surface area contributed by atoms with E-state index >= 15 is 0 Å². The number of benzene rings is 3. The van der Waals surface area contributed by atoms with Gasteiger partial charge in [0.25, 0.3) is 5.69 Å². The summed E-state index contributed by atoms with van der Waals surface area (Å²) in [5, 5.41) is 14.4. The minimum atomic E-state index is -4.06. The Bertz CT molecular complexity index is 1510. The molecule has 0 radical (unpaired) electrons. The molecule has 0 unspecified atom stereocenters. The number of carbonyl (C=O) groups is 2. The summed E-state index contributed by atoms with van der Waals surface area (Å²) in [5.74, 6) is -0.974. The van der Waals surface area contributed by atoms with E-state index in [1.807, 2.05) is 75.4 Å². The second-order valence-electron chi connectivity index (χ2n) is 10.5. The van der Waals surface area contributed by atoms with Crippen LogP contribution in [0.15, 0.2) is 72.8 Å². The Balaban J connectivity index is 2.10. The second kappa shape index (κ2) is 14.1. The van der Waals surface area contributed by atoms with Gasteiger partial charge in [0.1, 0.15) is 12.6 Å². The summed E-state index contributed by atoms with van der Waals surface area (Å²) in [6.45, 7) is 6.78. The number of anilines is 1. The third-order valence-corrected chi connectivity index (χ3v) is 8.22. The van der Waals surface area contributed by atoms with Crippen molar-refractivity contribution in [2.45, 2.75) is 59.2 Å². The quantitative estimate of drug-likeness (QED) is 0.229. The molecule has 0 aliphatic heterocycles. The van der Waals surface area contributed by atoms with Crippen molar-refractivity contribution >= 4 is 33.2 Å². The fourth-order valence-electron chi connectivity index (χ4n) is 4.46. The van der Waals surface area contributed by atoms with Crippen LogP contribution in [-0.4, -0.2) is 54.9 Å². The third-order valence-electron chi connectivity index (χ3n) is 7.10. The van der Waals surface area contributed by atoms with Crippen molar-refractivity contribution in [3.63, 3.8) is 0 Å². The molecule has 0 saturated heterocycles. The molecule has 3 aromatic carbocycles. The molecule has 0 heterocycles. The number of non-ortho nitro benzene ring substituents is 1. The van der Waals surface area contributed by atoms with E-state index in [2.05, 4.69) is 5.32 Å². The number of sulfonamides is 1. The van der Waals surface area contributed by atoms with E-state index in [1.165, 1.54) is 17.0 Å². The lowest BCUT2D eigenvalue weighted by Gasteiger charge is -2.34. The SMILES string of the molecule is CC[C@@H](C)NC(=O)[C@@H](Cc1ccccc1)N(Cc1ccc(C)cc1)C(=O)CN(c1cc([N+](=O)[O-])ccc1C)S(C)(=O)=O. The van der Waals surface area contributed by atoms with E-state index in [9.17, 15) is 28.1 Å². The van der Waals surface area contributed by atoms with Crippen molar-refractivity contribution in [2.24, 2.45) is 0 Å². The Morgan fingerprint density at radius 2 is 1.62 bits per heavy atom. The molecule has 2 atom stereocenters. The van der Waals surface area contributed by atoms with Crippen LogP contribution >= 0.6 is 0 Å². The average Bonchev–Trinajstić information content (AvgIpc) is 2.94. The summed E-state index contributed by atoms with van der Waals surface area (Å²) in [6, 6.07) is 19.6. The smallest absolute Gasteiger partial charge is 0.271 e. The fourth-order valence-corrected chi connectivity index (χ4v) is 5.36. The molecule has 0 spiro atoms. The zero-order chi connectivity index (χ0) is 31.0. The molecule has 3 aromatic rings. The zero-order valence-electron chi connectivity index (χ0n) is 24.6. The summed E-state index contributed by atoms with van der Waals surface area (Å²) in [4.78, 5) is 40.1. The van der Waals surface area contributed by atoms with Gasteiger partial charge < -0.3 is 10.2 Å². The van der Waals surface area contributed by atoms with Crippen LogP contribution in [0, 0.1) is 24.0 Å². The maximum Gasteiger partial charge on any atom is 0.271 e. The first-order chi connectivity index (χ1) is 19.8. The van der Waals surface area contributed by atoms with E-state index in [1.54, 1.807) is 6.92 Å². The highest BCUT2D eigenvalue weighted by atomic mass is 32.2. The monoisotopic (exact) mass is 594 g/mol. The van der Waals surface area contributed by atoms with Crippen LogP contribution in [0.4, 0.5) is 11.4 Å². The Morgan fingerprint density at radius 3 is 2.19 bits per heavy atom. The van der Waals surface area contributed by atoms with Crippen molar-refractivity contribution in [3.8, 4) is 0 Å². The van der Waals surface area contributed by atoms with Crippen molar-refractivity contribution in [3.05, 3.63) is 105 Å². The molecule has 11 heteroatoms. The predicted molar refractivity (Wildman–Crippen MR) is 164 cm³/mol. The maximum absolute atomic E-state index is 14.2. The molecule has 0 aromatic heterocycles. The molecule has 0 fully saturated rings.